The molecular formula is C18H22N2O2S. The minimum absolute atomic E-state index is 0.0695. The number of nitrogens with zero attached hydrogens (tertiary/aromatic N) is 2. The van der Waals surface area contributed by atoms with Crippen LogP contribution in [0.2, 0.25) is 0 Å². The average molecular weight is 330 g/mol. The number of hydrogen-bond acceptors (Lipinski definition) is 4. The van der Waals surface area contributed by atoms with Crippen molar-refractivity contribution >= 4 is 22.9 Å². The van der Waals surface area contributed by atoms with Crippen molar-refractivity contribution in [1.29, 1.82) is 0 Å². The van der Waals surface area contributed by atoms with Gasteiger partial charge in [-0.1, -0.05) is 20.3 Å². The zero-order valence-corrected chi connectivity index (χ0v) is 14.7. The Morgan fingerprint density at radius 3 is 2.83 bits per heavy atom. The van der Waals surface area contributed by atoms with Crippen LogP contribution in [0.25, 0.3) is 11.3 Å². The number of carbonyl (C=O) groups excluding carboxylic acids is 1. The van der Waals surface area contributed by atoms with E-state index in [1.807, 2.05) is 42.3 Å². The van der Waals surface area contributed by atoms with Crippen LogP contribution < -0.4 is 9.64 Å². The molecule has 1 aromatic carbocycles. The number of benzene rings is 1. The molecule has 0 bridgehead atoms. The van der Waals surface area contributed by atoms with E-state index in [2.05, 4.69) is 11.9 Å². The van der Waals surface area contributed by atoms with Gasteiger partial charge < -0.3 is 9.64 Å². The Morgan fingerprint density at radius 1 is 1.35 bits per heavy atom. The van der Waals surface area contributed by atoms with E-state index in [-0.39, 0.29) is 12.0 Å². The van der Waals surface area contributed by atoms with E-state index in [0.29, 0.717) is 6.42 Å². The van der Waals surface area contributed by atoms with Crippen molar-refractivity contribution in [1.82, 2.24) is 4.98 Å². The number of aryl methyl sites for hydroxylation is 1. The summed E-state index contributed by atoms with van der Waals surface area (Å²) in [5, 5.41) is 3.09. The monoisotopic (exact) mass is 330 g/mol. The van der Waals surface area contributed by atoms with E-state index in [1.165, 1.54) is 0 Å². The summed E-state index contributed by atoms with van der Waals surface area (Å²) in [5.41, 5.74) is 2.85. The van der Waals surface area contributed by atoms with Crippen LogP contribution in [0.15, 0.2) is 23.6 Å². The molecule has 0 fully saturated rings. The smallest absolute Gasteiger partial charge is 0.268 e. The summed E-state index contributed by atoms with van der Waals surface area (Å²) in [5.74, 6) is 0.864. The molecule has 122 valence electrons. The van der Waals surface area contributed by atoms with Gasteiger partial charge in [0.2, 0.25) is 0 Å². The maximum atomic E-state index is 12.7. The zero-order valence-electron chi connectivity index (χ0n) is 13.8. The van der Waals surface area contributed by atoms with Crippen LogP contribution in [0.4, 0.5) is 5.69 Å². The molecule has 3 rings (SSSR count). The first-order valence-electron chi connectivity index (χ1n) is 8.18. The number of thiazole rings is 1. The van der Waals surface area contributed by atoms with Crippen molar-refractivity contribution in [3.05, 3.63) is 28.6 Å². The van der Waals surface area contributed by atoms with Gasteiger partial charge in [0.15, 0.2) is 6.10 Å². The van der Waals surface area contributed by atoms with Gasteiger partial charge in [-0.3, -0.25) is 4.79 Å². The molecule has 1 aliphatic rings. The van der Waals surface area contributed by atoms with Crippen molar-refractivity contribution in [2.75, 3.05) is 11.4 Å². The predicted octanol–water partition coefficient (Wildman–Crippen LogP) is 4.42. The molecule has 0 aliphatic carbocycles. The highest BCUT2D eigenvalue weighted by Gasteiger charge is 2.33. The third-order valence-corrected chi connectivity index (χ3v) is 4.85. The molecule has 1 aliphatic heterocycles. The van der Waals surface area contributed by atoms with Crippen LogP contribution in [-0.2, 0) is 4.79 Å². The van der Waals surface area contributed by atoms with Crippen LogP contribution in [0.5, 0.6) is 5.75 Å². The first-order chi connectivity index (χ1) is 11.1. The Labute approximate surface area is 141 Å². The lowest BCUT2D eigenvalue weighted by Crippen LogP contribution is -2.46. The highest BCUT2D eigenvalue weighted by molar-refractivity contribution is 7.09. The number of anilines is 1. The number of fused-ring (bicyclic) bond motifs is 1. The third-order valence-electron chi connectivity index (χ3n) is 4.08. The van der Waals surface area contributed by atoms with Gasteiger partial charge in [-0.05, 0) is 38.0 Å². The van der Waals surface area contributed by atoms with Gasteiger partial charge in [0.05, 0.1) is 16.4 Å². The molecule has 1 aromatic heterocycles. The lowest BCUT2D eigenvalue weighted by molar-refractivity contribution is -0.126. The fourth-order valence-corrected chi connectivity index (χ4v) is 3.41. The number of ether oxygens (including phenoxy) is 1. The van der Waals surface area contributed by atoms with Gasteiger partial charge in [0, 0.05) is 17.5 Å². The summed E-state index contributed by atoms with van der Waals surface area (Å²) in [6, 6.07) is 6.02. The summed E-state index contributed by atoms with van der Waals surface area (Å²) < 4.78 is 5.89. The molecule has 2 heterocycles. The Balaban J connectivity index is 2.00. The molecule has 0 saturated heterocycles. The molecule has 1 amide bonds. The Hall–Kier alpha value is -1.88. The zero-order chi connectivity index (χ0) is 16.4. The number of unbranched alkanes of at least 4 members (excludes halogenated alkanes) is 1. The van der Waals surface area contributed by atoms with Crippen molar-refractivity contribution < 1.29 is 9.53 Å². The van der Waals surface area contributed by atoms with Gasteiger partial charge in [-0.25, -0.2) is 4.98 Å². The quantitative estimate of drug-likeness (QED) is 0.815. The normalized spacial score (nSPS) is 17.1. The second-order valence-corrected chi connectivity index (χ2v) is 6.85. The average Bonchev–Trinajstić information content (AvgIpc) is 2.99. The number of hydrogen-bond donors (Lipinski definition) is 0. The summed E-state index contributed by atoms with van der Waals surface area (Å²) in [6.07, 6.45) is 2.36. The van der Waals surface area contributed by atoms with Crippen LogP contribution in [0, 0.1) is 6.92 Å². The lowest BCUT2D eigenvalue weighted by atomic mass is 10.1. The SMILES string of the molecule is CCCCN1C(=O)C(CC)Oc2ccc(-c3csc(C)n3)cc21. The van der Waals surface area contributed by atoms with Crippen molar-refractivity contribution in [3.63, 3.8) is 0 Å². The molecule has 0 saturated carbocycles. The van der Waals surface area contributed by atoms with Crippen LogP contribution in [0.1, 0.15) is 38.1 Å². The molecule has 0 N–H and O–H groups in total. The molecule has 4 nitrogen and oxygen atoms in total. The highest BCUT2D eigenvalue weighted by atomic mass is 32.1. The molecule has 1 atom stereocenters. The second kappa shape index (κ2) is 6.71. The molecule has 5 heteroatoms. The Morgan fingerprint density at radius 2 is 2.17 bits per heavy atom. The molecule has 0 radical (unpaired) electrons. The molecular weight excluding hydrogens is 308 g/mol. The maximum absolute atomic E-state index is 12.7. The minimum atomic E-state index is -0.369. The van der Waals surface area contributed by atoms with Crippen molar-refractivity contribution in [2.45, 2.75) is 46.1 Å². The topological polar surface area (TPSA) is 42.4 Å². The van der Waals surface area contributed by atoms with E-state index in [4.69, 9.17) is 4.74 Å². The van der Waals surface area contributed by atoms with E-state index in [1.54, 1.807) is 11.3 Å². The number of carbonyl (C=O) groups is 1. The van der Waals surface area contributed by atoms with Crippen molar-refractivity contribution in [3.8, 4) is 17.0 Å². The fraction of sp³-hybridized carbons (Fsp3) is 0.444. The number of amides is 1. The Bertz CT molecular complexity index is 711. The minimum Gasteiger partial charge on any atom is -0.478 e. The second-order valence-electron chi connectivity index (χ2n) is 5.79. The molecule has 0 spiro atoms. The first-order valence-corrected chi connectivity index (χ1v) is 9.06. The first kappa shape index (κ1) is 16.0. The lowest BCUT2D eigenvalue weighted by Gasteiger charge is -2.34. The number of rotatable bonds is 5. The third kappa shape index (κ3) is 3.11. The van der Waals surface area contributed by atoms with E-state index in [0.717, 1.165) is 47.1 Å². The van der Waals surface area contributed by atoms with Gasteiger partial charge in [-0.2, -0.15) is 0 Å². The summed E-state index contributed by atoms with van der Waals surface area (Å²) in [7, 11) is 0. The fourth-order valence-electron chi connectivity index (χ4n) is 2.78. The van der Waals surface area contributed by atoms with Crippen LogP contribution in [0.3, 0.4) is 0 Å². The van der Waals surface area contributed by atoms with Gasteiger partial charge in [-0.15, -0.1) is 11.3 Å². The maximum Gasteiger partial charge on any atom is 0.268 e. The standard InChI is InChI=1S/C18H22N2O2S/c1-4-6-9-20-15-10-13(14-11-23-12(3)19-14)7-8-17(15)22-16(5-2)18(20)21/h7-8,10-11,16H,4-6,9H2,1-3H3. The van der Waals surface area contributed by atoms with E-state index < -0.39 is 0 Å². The molecule has 1 unspecified atom stereocenters. The van der Waals surface area contributed by atoms with Gasteiger partial charge >= 0.3 is 0 Å². The summed E-state index contributed by atoms with van der Waals surface area (Å²) in [4.78, 5) is 19.1. The summed E-state index contributed by atoms with van der Waals surface area (Å²) in [6.45, 7) is 6.86. The predicted molar refractivity (Wildman–Crippen MR) is 94.3 cm³/mol. The largest absolute Gasteiger partial charge is 0.478 e. The summed E-state index contributed by atoms with van der Waals surface area (Å²) >= 11 is 1.63. The Kier molecular flexibility index (Phi) is 4.66. The van der Waals surface area contributed by atoms with Gasteiger partial charge in [0.1, 0.15) is 5.75 Å². The number of aromatic nitrogens is 1. The van der Waals surface area contributed by atoms with E-state index in [9.17, 15) is 4.79 Å². The van der Waals surface area contributed by atoms with Crippen molar-refractivity contribution in [2.24, 2.45) is 0 Å². The van der Waals surface area contributed by atoms with Crippen LogP contribution in [-0.4, -0.2) is 23.5 Å². The molecule has 23 heavy (non-hydrogen) atoms. The highest BCUT2D eigenvalue weighted by Crippen LogP contribution is 2.38. The van der Waals surface area contributed by atoms with E-state index >= 15 is 0 Å². The molecule has 2 aromatic rings. The van der Waals surface area contributed by atoms with Crippen LogP contribution >= 0.6 is 11.3 Å². The van der Waals surface area contributed by atoms with Gasteiger partial charge in [0.25, 0.3) is 5.91 Å².